The third-order valence-electron chi connectivity index (χ3n) is 4.75. The average Bonchev–Trinajstić information content (AvgIpc) is 2.81. The molecule has 0 radical (unpaired) electrons. The molecule has 1 heterocycles. The predicted molar refractivity (Wildman–Crippen MR) is 125 cm³/mol. The van der Waals surface area contributed by atoms with Crippen LogP contribution in [0.4, 0.5) is 5.82 Å². The maximum atomic E-state index is 12.6. The lowest BCUT2D eigenvalue weighted by Crippen LogP contribution is -2.16. The van der Waals surface area contributed by atoms with Crippen LogP contribution in [0.5, 0.6) is 11.5 Å². The van der Waals surface area contributed by atoms with Crippen molar-refractivity contribution in [3.05, 3.63) is 102 Å². The number of phenols is 2. The third-order valence-corrected chi connectivity index (χ3v) is 4.75. The van der Waals surface area contributed by atoms with E-state index in [1.807, 2.05) is 42.5 Å². The van der Waals surface area contributed by atoms with Crippen molar-refractivity contribution < 1.29 is 15.0 Å². The fraction of sp³-hybridized carbons (Fsp3) is 0.0385. The third kappa shape index (κ3) is 5.37. The van der Waals surface area contributed by atoms with Crippen LogP contribution in [0.15, 0.2) is 85.1 Å². The van der Waals surface area contributed by atoms with Crippen molar-refractivity contribution in [3.63, 3.8) is 0 Å². The lowest BCUT2D eigenvalue weighted by atomic mass is 10.1. The molecule has 0 saturated carbocycles. The van der Waals surface area contributed by atoms with Gasteiger partial charge in [0, 0.05) is 5.56 Å². The van der Waals surface area contributed by atoms with Crippen LogP contribution in [-0.2, 0) is 11.2 Å². The number of nitrogens with one attached hydrogen (secondary N) is 1. The molecule has 32 heavy (non-hydrogen) atoms. The highest BCUT2D eigenvalue weighted by atomic mass is 16.3. The summed E-state index contributed by atoms with van der Waals surface area (Å²) in [5.74, 6) is 0.433. The van der Waals surface area contributed by atoms with E-state index >= 15 is 0 Å². The number of hydrogen-bond donors (Lipinski definition) is 3. The Hall–Kier alpha value is -4.45. The molecule has 4 aromatic rings. The zero-order valence-corrected chi connectivity index (χ0v) is 17.1. The average molecular weight is 423 g/mol. The van der Waals surface area contributed by atoms with E-state index in [-0.39, 0.29) is 23.8 Å². The summed E-state index contributed by atoms with van der Waals surface area (Å²) in [6, 6.07) is 22.9. The number of aromatic hydroxyl groups is 2. The Morgan fingerprint density at radius 2 is 1.50 bits per heavy atom. The van der Waals surface area contributed by atoms with Crippen LogP contribution in [0.2, 0.25) is 0 Å². The fourth-order valence-corrected chi connectivity index (χ4v) is 3.10. The van der Waals surface area contributed by atoms with Crippen LogP contribution < -0.4 is 5.32 Å². The van der Waals surface area contributed by atoms with E-state index in [1.165, 1.54) is 0 Å². The first-order valence-electron chi connectivity index (χ1n) is 10.0. The van der Waals surface area contributed by atoms with Gasteiger partial charge in [0.05, 0.1) is 18.3 Å². The van der Waals surface area contributed by atoms with Gasteiger partial charge in [-0.2, -0.15) is 0 Å². The van der Waals surface area contributed by atoms with Crippen molar-refractivity contribution in [2.75, 3.05) is 5.32 Å². The van der Waals surface area contributed by atoms with Gasteiger partial charge in [-0.05, 0) is 53.6 Å². The first-order chi connectivity index (χ1) is 15.6. The first kappa shape index (κ1) is 20.8. The summed E-state index contributed by atoms with van der Waals surface area (Å²) in [5, 5.41) is 21.8. The minimum absolute atomic E-state index is 0.142. The largest absolute Gasteiger partial charge is 0.508 e. The molecule has 0 aliphatic rings. The zero-order valence-electron chi connectivity index (χ0n) is 17.1. The van der Waals surface area contributed by atoms with Gasteiger partial charge in [-0.3, -0.25) is 4.79 Å². The number of carbonyl (C=O) groups is 1. The summed E-state index contributed by atoms with van der Waals surface area (Å²) < 4.78 is 0. The summed E-state index contributed by atoms with van der Waals surface area (Å²) in [7, 11) is 0. The van der Waals surface area contributed by atoms with E-state index in [9.17, 15) is 15.0 Å². The van der Waals surface area contributed by atoms with Crippen LogP contribution in [0.1, 0.15) is 16.8 Å². The number of nitrogens with zero attached hydrogens (tertiary/aromatic N) is 2. The van der Waals surface area contributed by atoms with Gasteiger partial charge < -0.3 is 15.5 Å². The molecule has 6 nitrogen and oxygen atoms in total. The smallest absolute Gasteiger partial charge is 0.230 e. The Morgan fingerprint density at radius 1 is 0.844 bits per heavy atom. The van der Waals surface area contributed by atoms with E-state index in [0.717, 1.165) is 16.7 Å². The Bertz CT molecular complexity index is 1240. The van der Waals surface area contributed by atoms with Gasteiger partial charge in [0.25, 0.3) is 0 Å². The van der Waals surface area contributed by atoms with E-state index < -0.39 is 0 Å². The molecule has 0 aliphatic carbocycles. The van der Waals surface area contributed by atoms with Crippen molar-refractivity contribution >= 4 is 23.9 Å². The first-order valence-corrected chi connectivity index (χ1v) is 10.0. The lowest BCUT2D eigenvalue weighted by molar-refractivity contribution is -0.115. The van der Waals surface area contributed by atoms with E-state index in [4.69, 9.17) is 0 Å². The molecular formula is C26H21N3O3. The van der Waals surface area contributed by atoms with Gasteiger partial charge in [0.15, 0.2) is 5.82 Å². The SMILES string of the molecule is O=C(Cc1ccc(O)cc1)Nc1ncc(-c2ccc(O)cc2)nc1/C=C\c1ccccc1. The normalized spacial score (nSPS) is 10.9. The van der Waals surface area contributed by atoms with Crippen molar-refractivity contribution in [1.29, 1.82) is 0 Å². The molecule has 3 aromatic carbocycles. The second-order valence-corrected chi connectivity index (χ2v) is 7.17. The molecule has 0 spiro atoms. The van der Waals surface area contributed by atoms with E-state index in [0.29, 0.717) is 17.2 Å². The number of amides is 1. The predicted octanol–water partition coefficient (Wildman–Crippen LogP) is 4.91. The molecule has 3 N–H and O–H groups in total. The Kier molecular flexibility index (Phi) is 6.22. The van der Waals surface area contributed by atoms with Crippen molar-refractivity contribution in [2.24, 2.45) is 0 Å². The second kappa shape index (κ2) is 9.57. The van der Waals surface area contributed by atoms with Gasteiger partial charge in [-0.25, -0.2) is 9.97 Å². The number of benzene rings is 3. The number of hydrogen-bond acceptors (Lipinski definition) is 5. The molecule has 0 saturated heterocycles. The van der Waals surface area contributed by atoms with Crippen LogP contribution in [0.3, 0.4) is 0 Å². The number of aromatic nitrogens is 2. The minimum Gasteiger partial charge on any atom is -0.508 e. The van der Waals surface area contributed by atoms with Gasteiger partial charge in [0.1, 0.15) is 17.2 Å². The molecule has 1 aromatic heterocycles. The lowest BCUT2D eigenvalue weighted by Gasteiger charge is -2.10. The van der Waals surface area contributed by atoms with Crippen LogP contribution in [-0.4, -0.2) is 26.1 Å². The van der Waals surface area contributed by atoms with Crippen molar-refractivity contribution in [3.8, 4) is 22.8 Å². The quantitative estimate of drug-likeness (QED) is 0.410. The standard InChI is InChI=1S/C26H21N3O3/c30-21-11-6-19(7-12-21)16-25(32)29-26-23(15-8-18-4-2-1-3-5-18)28-24(17-27-26)20-9-13-22(31)14-10-20/h1-15,17,30-31H,16H2,(H,27,29,32)/b15-8-. The van der Waals surface area contributed by atoms with Gasteiger partial charge in [0.2, 0.25) is 5.91 Å². The van der Waals surface area contributed by atoms with Crippen molar-refractivity contribution in [2.45, 2.75) is 6.42 Å². The maximum Gasteiger partial charge on any atom is 0.230 e. The molecule has 4 rings (SSSR count). The summed E-state index contributed by atoms with van der Waals surface area (Å²) in [6.45, 7) is 0. The monoisotopic (exact) mass is 423 g/mol. The Labute approximate surface area is 185 Å². The molecule has 1 amide bonds. The van der Waals surface area contributed by atoms with Gasteiger partial charge >= 0.3 is 0 Å². The summed E-state index contributed by atoms with van der Waals surface area (Å²) in [6.07, 6.45) is 5.44. The molecule has 0 unspecified atom stereocenters. The Balaban J connectivity index is 1.62. The number of phenolic OH excluding ortho intramolecular Hbond substituents is 2. The highest BCUT2D eigenvalue weighted by Gasteiger charge is 2.11. The second-order valence-electron chi connectivity index (χ2n) is 7.17. The van der Waals surface area contributed by atoms with Crippen LogP contribution >= 0.6 is 0 Å². The molecule has 0 fully saturated rings. The van der Waals surface area contributed by atoms with E-state index in [1.54, 1.807) is 54.7 Å². The molecule has 158 valence electrons. The molecule has 0 atom stereocenters. The van der Waals surface area contributed by atoms with Crippen LogP contribution in [0, 0.1) is 0 Å². The molecular weight excluding hydrogens is 402 g/mol. The zero-order chi connectivity index (χ0) is 22.3. The van der Waals surface area contributed by atoms with Crippen molar-refractivity contribution in [1.82, 2.24) is 9.97 Å². The molecule has 6 heteroatoms. The van der Waals surface area contributed by atoms with E-state index in [2.05, 4.69) is 15.3 Å². The summed E-state index contributed by atoms with van der Waals surface area (Å²) >= 11 is 0. The molecule has 0 aliphatic heterocycles. The van der Waals surface area contributed by atoms with Gasteiger partial charge in [-0.1, -0.05) is 48.5 Å². The maximum absolute atomic E-state index is 12.6. The molecule has 0 bridgehead atoms. The highest BCUT2D eigenvalue weighted by molar-refractivity contribution is 5.93. The fourth-order valence-electron chi connectivity index (χ4n) is 3.10. The number of rotatable bonds is 6. The summed E-state index contributed by atoms with van der Waals surface area (Å²) in [4.78, 5) is 21.7. The number of carbonyl (C=O) groups excluding carboxylic acids is 1. The van der Waals surface area contributed by atoms with Gasteiger partial charge in [-0.15, -0.1) is 0 Å². The minimum atomic E-state index is -0.239. The summed E-state index contributed by atoms with van der Waals surface area (Å²) in [5.41, 5.74) is 3.69. The topological polar surface area (TPSA) is 95.3 Å². The highest BCUT2D eigenvalue weighted by Crippen LogP contribution is 2.23. The number of anilines is 1. The Morgan fingerprint density at radius 3 is 2.19 bits per heavy atom. The van der Waals surface area contributed by atoms with Crippen LogP contribution in [0.25, 0.3) is 23.4 Å².